The molecule has 1 saturated heterocycles. The highest BCUT2D eigenvalue weighted by Crippen LogP contribution is 2.23. The topological polar surface area (TPSA) is 38.0 Å². The second-order valence-electron chi connectivity index (χ2n) is 3.36. The van der Waals surface area contributed by atoms with Crippen LogP contribution in [0.2, 0.25) is 0 Å². The van der Waals surface area contributed by atoms with Crippen LogP contribution in [-0.4, -0.2) is 12.7 Å². The van der Waals surface area contributed by atoms with E-state index in [0.717, 1.165) is 13.0 Å². The molecule has 1 aromatic rings. The Kier molecular flexibility index (Phi) is 2.11. The lowest BCUT2D eigenvalue weighted by Gasteiger charge is -2.07. The van der Waals surface area contributed by atoms with Crippen molar-refractivity contribution in [3.63, 3.8) is 0 Å². The smallest absolute Gasteiger partial charge is 0.0552 e. The first-order chi connectivity index (χ1) is 5.86. The fourth-order valence-corrected chi connectivity index (χ4v) is 1.75. The largest absolute Gasteiger partial charge is 0.316 e. The van der Waals surface area contributed by atoms with Crippen molar-refractivity contribution in [1.29, 1.82) is 0 Å². The van der Waals surface area contributed by atoms with Crippen molar-refractivity contribution in [2.45, 2.75) is 18.5 Å². The van der Waals surface area contributed by atoms with Crippen LogP contribution in [0, 0.1) is 0 Å². The maximum absolute atomic E-state index is 5.75. The number of benzene rings is 1. The van der Waals surface area contributed by atoms with E-state index in [1.165, 1.54) is 5.56 Å². The predicted octanol–water partition coefficient (Wildman–Crippen LogP) is 1.05. The zero-order chi connectivity index (χ0) is 8.39. The fourth-order valence-electron chi connectivity index (χ4n) is 1.75. The molecule has 12 heavy (non-hydrogen) atoms. The summed E-state index contributed by atoms with van der Waals surface area (Å²) >= 11 is 0. The van der Waals surface area contributed by atoms with Crippen LogP contribution in [0.5, 0.6) is 0 Å². The first kappa shape index (κ1) is 7.77. The standard InChI is InChI=1S/C10H14N2/c11-10-6-9(7-12-10)8-4-2-1-3-5-8/h1-5,9-10,12H,6-7,11H2. The molecule has 64 valence electrons. The van der Waals surface area contributed by atoms with Gasteiger partial charge in [-0.2, -0.15) is 0 Å². The molecule has 0 radical (unpaired) electrons. The molecule has 0 spiro atoms. The molecular formula is C10H14N2. The predicted molar refractivity (Wildman–Crippen MR) is 49.8 cm³/mol. The molecule has 2 atom stereocenters. The first-order valence-corrected chi connectivity index (χ1v) is 4.40. The van der Waals surface area contributed by atoms with Crippen LogP contribution in [0.3, 0.4) is 0 Å². The van der Waals surface area contributed by atoms with E-state index in [1.54, 1.807) is 0 Å². The molecule has 3 N–H and O–H groups in total. The molecule has 2 heteroatoms. The van der Waals surface area contributed by atoms with Crippen molar-refractivity contribution in [2.75, 3.05) is 6.54 Å². The first-order valence-electron chi connectivity index (χ1n) is 4.40. The third kappa shape index (κ3) is 1.49. The van der Waals surface area contributed by atoms with Crippen molar-refractivity contribution >= 4 is 0 Å². The van der Waals surface area contributed by atoms with Gasteiger partial charge in [-0.1, -0.05) is 30.3 Å². The van der Waals surface area contributed by atoms with Crippen molar-refractivity contribution in [3.8, 4) is 0 Å². The van der Waals surface area contributed by atoms with Crippen molar-refractivity contribution in [2.24, 2.45) is 5.73 Å². The van der Waals surface area contributed by atoms with Crippen molar-refractivity contribution in [1.82, 2.24) is 5.32 Å². The van der Waals surface area contributed by atoms with E-state index in [1.807, 2.05) is 6.07 Å². The third-order valence-electron chi connectivity index (χ3n) is 2.44. The van der Waals surface area contributed by atoms with Crippen LogP contribution in [-0.2, 0) is 0 Å². The highest BCUT2D eigenvalue weighted by molar-refractivity contribution is 5.21. The minimum Gasteiger partial charge on any atom is -0.316 e. The van der Waals surface area contributed by atoms with E-state index in [-0.39, 0.29) is 6.17 Å². The normalized spacial score (nSPS) is 29.1. The van der Waals surface area contributed by atoms with E-state index in [0.29, 0.717) is 5.92 Å². The molecular weight excluding hydrogens is 148 g/mol. The average Bonchev–Trinajstić information content (AvgIpc) is 2.54. The van der Waals surface area contributed by atoms with E-state index in [2.05, 4.69) is 29.6 Å². The van der Waals surface area contributed by atoms with E-state index >= 15 is 0 Å². The Labute approximate surface area is 72.8 Å². The average molecular weight is 162 g/mol. The molecule has 1 heterocycles. The second kappa shape index (κ2) is 3.25. The van der Waals surface area contributed by atoms with Gasteiger partial charge in [0.2, 0.25) is 0 Å². The minimum atomic E-state index is 0.190. The summed E-state index contributed by atoms with van der Waals surface area (Å²) in [7, 11) is 0. The number of nitrogens with two attached hydrogens (primary N) is 1. The number of rotatable bonds is 1. The quantitative estimate of drug-likeness (QED) is 0.647. The number of hydrogen-bond donors (Lipinski definition) is 2. The van der Waals surface area contributed by atoms with E-state index in [4.69, 9.17) is 5.73 Å². The highest BCUT2D eigenvalue weighted by Gasteiger charge is 2.21. The Hall–Kier alpha value is -0.860. The van der Waals surface area contributed by atoms with Crippen LogP contribution >= 0.6 is 0 Å². The molecule has 0 saturated carbocycles. The lowest BCUT2D eigenvalue weighted by molar-refractivity contribution is 0.628. The number of hydrogen-bond acceptors (Lipinski definition) is 2. The second-order valence-corrected chi connectivity index (χ2v) is 3.36. The Morgan fingerprint density at radius 2 is 2.00 bits per heavy atom. The zero-order valence-electron chi connectivity index (χ0n) is 7.03. The summed E-state index contributed by atoms with van der Waals surface area (Å²) in [5.74, 6) is 0.612. The van der Waals surface area contributed by atoms with Gasteiger partial charge in [0.15, 0.2) is 0 Å². The van der Waals surface area contributed by atoms with Gasteiger partial charge >= 0.3 is 0 Å². The molecule has 0 aliphatic carbocycles. The SMILES string of the molecule is NC1CC(c2ccccc2)CN1. The zero-order valence-corrected chi connectivity index (χ0v) is 7.03. The van der Waals surface area contributed by atoms with Gasteiger partial charge in [-0.15, -0.1) is 0 Å². The van der Waals surface area contributed by atoms with Crippen LogP contribution in [0.1, 0.15) is 17.9 Å². The van der Waals surface area contributed by atoms with Crippen LogP contribution in [0.15, 0.2) is 30.3 Å². The van der Waals surface area contributed by atoms with Gasteiger partial charge in [0, 0.05) is 6.54 Å². The van der Waals surface area contributed by atoms with E-state index in [9.17, 15) is 0 Å². The van der Waals surface area contributed by atoms with Gasteiger partial charge in [-0.25, -0.2) is 0 Å². The molecule has 0 bridgehead atoms. The molecule has 2 nitrogen and oxygen atoms in total. The molecule has 0 amide bonds. The van der Waals surface area contributed by atoms with Crippen LogP contribution in [0.4, 0.5) is 0 Å². The lowest BCUT2D eigenvalue weighted by Crippen LogP contribution is -2.30. The summed E-state index contributed by atoms with van der Waals surface area (Å²) in [6.45, 7) is 1.02. The molecule has 2 unspecified atom stereocenters. The van der Waals surface area contributed by atoms with Gasteiger partial charge in [0.1, 0.15) is 0 Å². The summed E-state index contributed by atoms with van der Waals surface area (Å²) in [6.07, 6.45) is 1.25. The van der Waals surface area contributed by atoms with E-state index < -0.39 is 0 Å². The van der Waals surface area contributed by atoms with Crippen LogP contribution < -0.4 is 11.1 Å². The maximum atomic E-state index is 5.75. The monoisotopic (exact) mass is 162 g/mol. The molecule has 1 aliphatic rings. The van der Waals surface area contributed by atoms with Crippen molar-refractivity contribution < 1.29 is 0 Å². The molecule has 2 rings (SSSR count). The Bertz CT molecular complexity index is 245. The Morgan fingerprint density at radius 1 is 1.25 bits per heavy atom. The van der Waals surface area contributed by atoms with Gasteiger partial charge in [-0.05, 0) is 17.9 Å². The Morgan fingerprint density at radius 3 is 2.58 bits per heavy atom. The summed E-state index contributed by atoms with van der Waals surface area (Å²) in [5.41, 5.74) is 7.15. The van der Waals surface area contributed by atoms with Gasteiger partial charge < -0.3 is 11.1 Å². The van der Waals surface area contributed by atoms with Gasteiger partial charge in [0.05, 0.1) is 6.17 Å². The highest BCUT2D eigenvalue weighted by atomic mass is 15.1. The van der Waals surface area contributed by atoms with Crippen LogP contribution in [0.25, 0.3) is 0 Å². The minimum absolute atomic E-state index is 0.190. The number of nitrogens with one attached hydrogen (secondary N) is 1. The van der Waals surface area contributed by atoms with Gasteiger partial charge in [-0.3, -0.25) is 0 Å². The Balaban J connectivity index is 2.11. The summed E-state index contributed by atoms with van der Waals surface area (Å²) in [4.78, 5) is 0. The molecule has 1 aromatic carbocycles. The molecule has 1 aliphatic heterocycles. The van der Waals surface area contributed by atoms with Gasteiger partial charge in [0.25, 0.3) is 0 Å². The maximum Gasteiger partial charge on any atom is 0.0552 e. The summed E-state index contributed by atoms with van der Waals surface area (Å²) < 4.78 is 0. The summed E-state index contributed by atoms with van der Waals surface area (Å²) in [5, 5.41) is 3.25. The third-order valence-corrected chi connectivity index (χ3v) is 2.44. The summed E-state index contributed by atoms with van der Waals surface area (Å²) in [6, 6.07) is 10.6. The fraction of sp³-hybridized carbons (Fsp3) is 0.400. The lowest BCUT2D eigenvalue weighted by atomic mass is 9.98. The molecule has 0 aromatic heterocycles. The molecule has 1 fully saturated rings. The van der Waals surface area contributed by atoms with Crippen molar-refractivity contribution in [3.05, 3.63) is 35.9 Å².